The number of nitrogens with zero attached hydrogens (tertiary/aromatic N) is 2. The summed E-state index contributed by atoms with van der Waals surface area (Å²) in [5.74, 6) is 0. The van der Waals surface area contributed by atoms with E-state index in [2.05, 4.69) is 32.8 Å². The molecular formula is C11H17BrN2O. The summed E-state index contributed by atoms with van der Waals surface area (Å²) >= 11 is 3.28. The van der Waals surface area contributed by atoms with E-state index in [1.165, 1.54) is 25.7 Å². The summed E-state index contributed by atoms with van der Waals surface area (Å²) in [6, 6.07) is 0.466. The number of rotatable bonds is 7. The van der Waals surface area contributed by atoms with Crippen LogP contribution in [0.4, 0.5) is 0 Å². The Morgan fingerprint density at radius 1 is 1.13 bits per heavy atom. The van der Waals surface area contributed by atoms with Crippen LogP contribution in [0.3, 0.4) is 0 Å². The van der Waals surface area contributed by atoms with Crippen molar-refractivity contribution in [2.24, 2.45) is 0 Å². The minimum atomic E-state index is 0.466. The van der Waals surface area contributed by atoms with Gasteiger partial charge in [-0.2, -0.15) is 0 Å². The molecule has 0 radical (unpaired) electrons. The van der Waals surface area contributed by atoms with Crippen LogP contribution in [-0.4, -0.2) is 16.6 Å². The maximum Gasteiger partial charge on any atom is 0.316 e. The Labute approximate surface area is 99.4 Å². The van der Waals surface area contributed by atoms with Crippen molar-refractivity contribution in [2.45, 2.75) is 39.0 Å². The maximum atomic E-state index is 5.40. The normalized spacial score (nSPS) is 10.3. The van der Waals surface area contributed by atoms with Crippen LogP contribution in [0.15, 0.2) is 16.9 Å². The van der Waals surface area contributed by atoms with Gasteiger partial charge in [0.05, 0.1) is 11.1 Å². The van der Waals surface area contributed by atoms with E-state index in [9.17, 15) is 0 Å². The van der Waals surface area contributed by atoms with Gasteiger partial charge in [-0.05, 0) is 22.4 Å². The summed E-state index contributed by atoms with van der Waals surface area (Å²) in [4.78, 5) is 8.06. The van der Waals surface area contributed by atoms with Gasteiger partial charge in [0.15, 0.2) is 0 Å². The lowest BCUT2D eigenvalue weighted by molar-refractivity contribution is 0.281. The Balaban J connectivity index is 2.07. The maximum absolute atomic E-state index is 5.40. The highest BCUT2D eigenvalue weighted by atomic mass is 79.9. The van der Waals surface area contributed by atoms with Crippen LogP contribution < -0.4 is 4.74 Å². The zero-order valence-electron chi connectivity index (χ0n) is 9.08. The van der Waals surface area contributed by atoms with E-state index in [1.807, 2.05) is 0 Å². The quantitative estimate of drug-likeness (QED) is 0.712. The number of ether oxygens (including phenoxy) is 1. The van der Waals surface area contributed by atoms with E-state index in [0.717, 1.165) is 10.9 Å². The van der Waals surface area contributed by atoms with Crippen molar-refractivity contribution >= 4 is 15.9 Å². The zero-order valence-corrected chi connectivity index (χ0v) is 10.7. The van der Waals surface area contributed by atoms with Gasteiger partial charge in [0, 0.05) is 12.4 Å². The number of hydrogen-bond donors (Lipinski definition) is 0. The molecule has 0 aliphatic heterocycles. The van der Waals surface area contributed by atoms with Gasteiger partial charge in [-0.3, -0.25) is 0 Å². The highest BCUT2D eigenvalue weighted by Crippen LogP contribution is 2.09. The fourth-order valence-corrected chi connectivity index (χ4v) is 1.45. The van der Waals surface area contributed by atoms with Crippen molar-refractivity contribution in [3.05, 3.63) is 16.9 Å². The third kappa shape index (κ3) is 5.72. The molecule has 1 aromatic heterocycles. The van der Waals surface area contributed by atoms with Crippen LogP contribution in [0.5, 0.6) is 6.01 Å². The molecule has 84 valence electrons. The van der Waals surface area contributed by atoms with Crippen LogP contribution >= 0.6 is 15.9 Å². The van der Waals surface area contributed by atoms with Crippen LogP contribution in [0.1, 0.15) is 39.0 Å². The van der Waals surface area contributed by atoms with E-state index >= 15 is 0 Å². The first-order chi connectivity index (χ1) is 7.33. The standard InChI is InChI=1S/C11H17BrN2O/c1-2-3-4-5-6-7-15-11-13-8-10(12)9-14-11/h8-9H,2-7H2,1H3. The van der Waals surface area contributed by atoms with Crippen LogP contribution in [0.2, 0.25) is 0 Å². The van der Waals surface area contributed by atoms with Gasteiger partial charge in [-0.25, -0.2) is 9.97 Å². The molecule has 0 saturated carbocycles. The minimum absolute atomic E-state index is 0.466. The van der Waals surface area contributed by atoms with Crippen molar-refractivity contribution in [3.63, 3.8) is 0 Å². The predicted molar refractivity (Wildman–Crippen MR) is 64.0 cm³/mol. The molecule has 4 heteroatoms. The molecule has 1 heterocycles. The van der Waals surface area contributed by atoms with Gasteiger partial charge in [0.25, 0.3) is 0 Å². The lowest BCUT2D eigenvalue weighted by atomic mass is 10.2. The summed E-state index contributed by atoms with van der Waals surface area (Å²) in [6.45, 7) is 2.93. The van der Waals surface area contributed by atoms with Crippen molar-refractivity contribution in [1.82, 2.24) is 9.97 Å². The second-order valence-corrected chi connectivity index (χ2v) is 4.36. The van der Waals surface area contributed by atoms with E-state index in [0.29, 0.717) is 12.6 Å². The molecule has 15 heavy (non-hydrogen) atoms. The van der Waals surface area contributed by atoms with Gasteiger partial charge >= 0.3 is 6.01 Å². The molecule has 1 rings (SSSR count). The van der Waals surface area contributed by atoms with Crippen LogP contribution in [-0.2, 0) is 0 Å². The average Bonchev–Trinajstić information content (AvgIpc) is 2.26. The lowest BCUT2D eigenvalue weighted by Crippen LogP contribution is -2.00. The largest absolute Gasteiger partial charge is 0.463 e. The number of aromatic nitrogens is 2. The molecule has 0 amide bonds. The molecule has 0 atom stereocenters. The Kier molecular flexibility index (Phi) is 6.32. The monoisotopic (exact) mass is 272 g/mol. The van der Waals surface area contributed by atoms with Gasteiger partial charge in [0.1, 0.15) is 0 Å². The smallest absolute Gasteiger partial charge is 0.316 e. The SMILES string of the molecule is CCCCCCCOc1ncc(Br)cn1. The molecule has 1 aromatic rings. The third-order valence-electron chi connectivity index (χ3n) is 2.08. The molecule has 0 N–H and O–H groups in total. The van der Waals surface area contributed by atoms with Gasteiger partial charge in [-0.1, -0.05) is 32.6 Å². The first kappa shape index (κ1) is 12.4. The fourth-order valence-electron chi connectivity index (χ4n) is 1.24. The Bertz CT molecular complexity index is 264. The first-order valence-corrected chi connectivity index (χ1v) is 6.22. The number of hydrogen-bond acceptors (Lipinski definition) is 3. The molecule has 0 saturated heterocycles. The van der Waals surface area contributed by atoms with Gasteiger partial charge < -0.3 is 4.74 Å². The molecule has 0 unspecified atom stereocenters. The highest BCUT2D eigenvalue weighted by molar-refractivity contribution is 9.10. The van der Waals surface area contributed by atoms with Crippen LogP contribution in [0.25, 0.3) is 0 Å². The fraction of sp³-hybridized carbons (Fsp3) is 0.636. The number of halogens is 1. The predicted octanol–water partition coefficient (Wildman–Crippen LogP) is 3.59. The Hall–Kier alpha value is -0.640. The molecule has 0 bridgehead atoms. The van der Waals surface area contributed by atoms with Gasteiger partial charge in [0.2, 0.25) is 0 Å². The summed E-state index contributed by atoms with van der Waals surface area (Å²) in [6.07, 6.45) is 9.58. The Morgan fingerprint density at radius 2 is 1.80 bits per heavy atom. The molecule has 0 fully saturated rings. The van der Waals surface area contributed by atoms with Gasteiger partial charge in [-0.15, -0.1) is 0 Å². The van der Waals surface area contributed by atoms with Crippen LogP contribution in [0, 0.1) is 0 Å². The second-order valence-electron chi connectivity index (χ2n) is 3.45. The highest BCUT2D eigenvalue weighted by Gasteiger charge is 1.96. The molecule has 0 aliphatic rings. The van der Waals surface area contributed by atoms with E-state index < -0.39 is 0 Å². The summed E-state index contributed by atoms with van der Waals surface area (Å²) in [7, 11) is 0. The summed E-state index contributed by atoms with van der Waals surface area (Å²) < 4.78 is 6.27. The minimum Gasteiger partial charge on any atom is -0.463 e. The van der Waals surface area contributed by atoms with E-state index in [4.69, 9.17) is 4.74 Å². The Morgan fingerprint density at radius 3 is 2.47 bits per heavy atom. The lowest BCUT2D eigenvalue weighted by Gasteiger charge is -2.03. The van der Waals surface area contributed by atoms with Crippen molar-refractivity contribution < 1.29 is 4.74 Å². The van der Waals surface area contributed by atoms with Crippen molar-refractivity contribution in [2.75, 3.05) is 6.61 Å². The van der Waals surface area contributed by atoms with Crippen molar-refractivity contribution in [3.8, 4) is 6.01 Å². The summed E-state index contributed by atoms with van der Waals surface area (Å²) in [5.41, 5.74) is 0. The second kappa shape index (κ2) is 7.63. The van der Waals surface area contributed by atoms with E-state index in [1.54, 1.807) is 12.4 Å². The first-order valence-electron chi connectivity index (χ1n) is 5.43. The summed E-state index contributed by atoms with van der Waals surface area (Å²) in [5, 5.41) is 0. The average molecular weight is 273 g/mol. The van der Waals surface area contributed by atoms with Crippen molar-refractivity contribution in [1.29, 1.82) is 0 Å². The number of unbranched alkanes of at least 4 members (excludes halogenated alkanes) is 4. The molecule has 0 spiro atoms. The molecule has 0 aliphatic carbocycles. The third-order valence-corrected chi connectivity index (χ3v) is 2.49. The molecular weight excluding hydrogens is 256 g/mol. The van der Waals surface area contributed by atoms with E-state index in [-0.39, 0.29) is 0 Å². The molecule has 3 nitrogen and oxygen atoms in total. The molecule has 0 aromatic carbocycles. The zero-order chi connectivity index (χ0) is 10.9. The topological polar surface area (TPSA) is 35.0 Å².